The predicted octanol–water partition coefficient (Wildman–Crippen LogP) is -2.80. The third kappa shape index (κ3) is 3.82. The largest absolute Gasteiger partial charge is 1.00 e. The van der Waals surface area contributed by atoms with Crippen molar-refractivity contribution < 1.29 is 48.0 Å². The van der Waals surface area contributed by atoms with Gasteiger partial charge in [-0.25, -0.2) is 0 Å². The zero-order chi connectivity index (χ0) is 13.4. The fourth-order valence-corrected chi connectivity index (χ4v) is 10.6. The smallest absolute Gasteiger partial charge is 1.00 e. The molecular weight excluding hydrogens is 396 g/mol. The van der Waals surface area contributed by atoms with Gasteiger partial charge in [0.05, 0.1) is 0 Å². The van der Waals surface area contributed by atoms with Crippen LogP contribution in [-0.2, 0) is 23.2 Å². The summed E-state index contributed by atoms with van der Waals surface area (Å²) in [6, 6.07) is 11.2. The van der Waals surface area contributed by atoms with Gasteiger partial charge in [0.2, 0.25) is 0 Å². The van der Waals surface area contributed by atoms with Gasteiger partial charge < -0.3 is 24.8 Å². The molecule has 0 bridgehead atoms. The van der Waals surface area contributed by atoms with E-state index < -0.39 is 32.0 Å². The summed E-state index contributed by atoms with van der Waals surface area (Å²) in [5.41, 5.74) is 4.54. The molecule has 1 N–H and O–H groups in total. The fraction of sp³-hybridized carbons (Fsp3) is 0.250. The Morgan fingerprint density at radius 2 is 1.81 bits per heavy atom. The Kier molecular flexibility index (Phi) is 7.19. The zero-order valence-electron chi connectivity index (χ0n) is 12.5. The van der Waals surface area contributed by atoms with Crippen molar-refractivity contribution in [2.24, 2.45) is 0 Å². The van der Waals surface area contributed by atoms with Gasteiger partial charge >= 0.3 is 129 Å². The van der Waals surface area contributed by atoms with Gasteiger partial charge in [0.15, 0.2) is 0 Å². The van der Waals surface area contributed by atoms with E-state index in [2.05, 4.69) is 67.6 Å². The maximum Gasteiger partial charge on any atom is -1.00 e. The number of hydrogen-bond donors (Lipinski definition) is 1. The van der Waals surface area contributed by atoms with E-state index in [1.165, 1.54) is 11.1 Å². The second-order valence-corrected chi connectivity index (χ2v) is 11.9. The molecule has 1 aliphatic rings. The molecule has 1 nitrogen and oxygen atoms in total. The van der Waals surface area contributed by atoms with E-state index in [9.17, 15) is 0 Å². The zero-order valence-corrected chi connectivity index (χ0v) is 17.6. The summed E-state index contributed by atoms with van der Waals surface area (Å²) < 4.78 is 2.33. The van der Waals surface area contributed by atoms with Crippen LogP contribution in [0, 0.1) is 6.92 Å². The van der Waals surface area contributed by atoms with Crippen LogP contribution in [0.2, 0.25) is 13.1 Å². The van der Waals surface area contributed by atoms with E-state index in [4.69, 9.17) is 0 Å². The minimum atomic E-state index is -0.715. The molecule has 1 unspecified atom stereocenters. The maximum absolute atomic E-state index is 3.49. The van der Waals surface area contributed by atoms with Crippen LogP contribution in [0.5, 0.6) is 0 Å². The standard InChI is InChI=1S/C11H13Si.C5H6N.2ClH.Zr/c1-12(2)11-7-9-5-3-4-6-10(9)8-11;1-5-2-3-6-4-5;;;/h3-8,12H,1-2H3;2-3,6H,1H3;2*1H;/q;;;;+2/p-2. The molecule has 1 atom stereocenters. The summed E-state index contributed by atoms with van der Waals surface area (Å²) in [4.78, 5) is 3.49. The van der Waals surface area contributed by atoms with Gasteiger partial charge in [-0.15, -0.1) is 0 Å². The van der Waals surface area contributed by atoms with Crippen molar-refractivity contribution in [2.45, 2.75) is 23.6 Å². The first-order valence-corrected chi connectivity index (χ1v) is 12.4. The van der Waals surface area contributed by atoms with Crippen LogP contribution in [0.3, 0.4) is 0 Å². The van der Waals surface area contributed by atoms with E-state index in [0.29, 0.717) is 0 Å². The van der Waals surface area contributed by atoms with Gasteiger partial charge in [0.25, 0.3) is 0 Å². The van der Waals surface area contributed by atoms with Crippen molar-refractivity contribution in [3.63, 3.8) is 0 Å². The number of nitrogens with one attached hydrogen (secondary N) is 1. The van der Waals surface area contributed by atoms with Crippen molar-refractivity contribution in [3.05, 3.63) is 58.4 Å². The maximum atomic E-state index is 3.49. The molecule has 0 saturated heterocycles. The molecule has 0 amide bonds. The first-order chi connectivity index (χ1) is 9.16. The average Bonchev–Trinajstić information content (AvgIpc) is 2.95. The molecule has 0 fully saturated rings. The Bertz CT molecular complexity index is 637. The number of halogens is 2. The van der Waals surface area contributed by atoms with Gasteiger partial charge in [0.1, 0.15) is 0 Å². The average molecular weight is 416 g/mol. The number of aromatic amines is 1. The summed E-state index contributed by atoms with van der Waals surface area (Å²) in [6.45, 7) is 7.17. The summed E-state index contributed by atoms with van der Waals surface area (Å²) in [7, 11) is -0.715. The summed E-state index contributed by atoms with van der Waals surface area (Å²) in [5, 5.41) is 1.78. The van der Waals surface area contributed by atoms with Crippen molar-refractivity contribution in [1.82, 2.24) is 4.98 Å². The minimum Gasteiger partial charge on any atom is -1.00 e. The molecular formula is C16H19Cl2NSiZr. The molecule has 1 heterocycles. The molecule has 1 aliphatic carbocycles. The van der Waals surface area contributed by atoms with E-state index in [1.54, 1.807) is 14.2 Å². The van der Waals surface area contributed by atoms with E-state index in [0.717, 1.165) is 3.63 Å². The molecule has 2 aromatic rings. The van der Waals surface area contributed by atoms with Crippen LogP contribution >= 0.6 is 0 Å². The van der Waals surface area contributed by atoms with Gasteiger partial charge in [-0.05, 0) is 0 Å². The molecule has 1 aromatic carbocycles. The molecule has 0 aliphatic heterocycles. The van der Waals surface area contributed by atoms with E-state index >= 15 is 0 Å². The normalized spacial score (nSPS) is 15.6. The number of aryl methyl sites for hydroxylation is 1. The van der Waals surface area contributed by atoms with Crippen molar-refractivity contribution in [1.29, 1.82) is 0 Å². The van der Waals surface area contributed by atoms with Crippen LogP contribution in [0.4, 0.5) is 0 Å². The molecule has 3 rings (SSSR count). The van der Waals surface area contributed by atoms with Crippen molar-refractivity contribution >= 4 is 18.3 Å². The van der Waals surface area contributed by atoms with Gasteiger partial charge in [0, 0.05) is 0 Å². The molecule has 1 aromatic heterocycles. The Morgan fingerprint density at radius 1 is 1.10 bits per heavy atom. The van der Waals surface area contributed by atoms with Crippen LogP contribution in [-0.4, -0.2) is 13.8 Å². The number of allylic oxidation sites excluding steroid dienone is 1. The molecule has 5 heteroatoms. The quantitative estimate of drug-likeness (QED) is 0.522. The van der Waals surface area contributed by atoms with Crippen LogP contribution in [0.15, 0.2) is 41.7 Å². The molecule has 0 saturated carbocycles. The van der Waals surface area contributed by atoms with Crippen LogP contribution in [0.1, 0.15) is 20.3 Å². The Balaban J connectivity index is 0.00000110. The molecule has 0 radical (unpaired) electrons. The van der Waals surface area contributed by atoms with Crippen molar-refractivity contribution in [3.8, 4) is 0 Å². The Hall–Kier alpha value is -0.0800. The fourth-order valence-electron chi connectivity index (χ4n) is 2.76. The van der Waals surface area contributed by atoms with Crippen LogP contribution in [0.25, 0.3) is 6.08 Å². The topological polar surface area (TPSA) is 15.8 Å². The number of aromatic nitrogens is 1. The Labute approximate surface area is 152 Å². The summed E-state index contributed by atoms with van der Waals surface area (Å²) in [6.07, 6.45) is 4.60. The Morgan fingerprint density at radius 3 is 2.43 bits per heavy atom. The van der Waals surface area contributed by atoms with Gasteiger partial charge in [-0.3, -0.25) is 0 Å². The predicted molar refractivity (Wildman–Crippen MR) is 81.2 cm³/mol. The number of hydrogen-bond acceptors (Lipinski definition) is 0. The summed E-state index contributed by atoms with van der Waals surface area (Å²) >= 11 is -0.629. The minimum absolute atomic E-state index is 0. The van der Waals surface area contributed by atoms with Gasteiger partial charge in [-0.2, -0.15) is 0 Å². The van der Waals surface area contributed by atoms with E-state index in [-0.39, 0.29) is 24.8 Å². The monoisotopic (exact) mass is 413 g/mol. The summed E-state index contributed by atoms with van der Waals surface area (Å²) in [5.74, 6) is 0. The third-order valence-electron chi connectivity index (χ3n) is 3.87. The third-order valence-corrected chi connectivity index (χ3v) is 10.9. The number of H-pyrrole nitrogens is 1. The second kappa shape index (κ2) is 7.97. The van der Waals surface area contributed by atoms with Gasteiger partial charge in [-0.1, -0.05) is 0 Å². The first kappa shape index (κ1) is 19.0. The van der Waals surface area contributed by atoms with Crippen LogP contribution < -0.4 is 28.2 Å². The first-order valence-electron chi connectivity index (χ1n) is 6.87. The van der Waals surface area contributed by atoms with Crippen molar-refractivity contribution in [2.75, 3.05) is 0 Å². The second-order valence-electron chi connectivity index (χ2n) is 5.54. The van der Waals surface area contributed by atoms with E-state index in [1.807, 2.05) is 0 Å². The SMILES string of the molecule is Cc1cc[nH][c]1[Zr+2][CH]1C([SiH](C)C)=Cc2ccccc21.[Cl-].[Cl-]. The molecule has 110 valence electrons. The molecule has 21 heavy (non-hydrogen) atoms. The number of benzene rings is 1. The molecule has 0 spiro atoms. The number of fused-ring (bicyclic) bond motifs is 1. The number of rotatable bonds is 3.